The van der Waals surface area contributed by atoms with E-state index >= 15 is 0 Å². The lowest BCUT2D eigenvalue weighted by Crippen LogP contribution is -2.53. The van der Waals surface area contributed by atoms with Crippen LogP contribution in [0.15, 0.2) is 0 Å². The monoisotopic (exact) mass is 307 g/mol. The Morgan fingerprint density at radius 2 is 1.90 bits per heavy atom. The zero-order chi connectivity index (χ0) is 15.2. The van der Waals surface area contributed by atoms with E-state index < -0.39 is 10.2 Å². The van der Waals surface area contributed by atoms with Gasteiger partial charge in [0.05, 0.1) is 6.61 Å². The highest BCUT2D eigenvalue weighted by Gasteiger charge is 2.35. The van der Waals surface area contributed by atoms with Crippen LogP contribution < -0.4 is 0 Å². The summed E-state index contributed by atoms with van der Waals surface area (Å²) in [5.41, 5.74) is 0. The van der Waals surface area contributed by atoms with E-state index in [-0.39, 0.29) is 12.6 Å². The van der Waals surface area contributed by atoms with E-state index in [1.165, 1.54) is 4.31 Å². The van der Waals surface area contributed by atoms with E-state index in [1.54, 1.807) is 4.31 Å². The number of likely N-dealkylation sites (N-methyl/N-ethyl adjacent to an activating group) is 1. The molecule has 7 heteroatoms. The van der Waals surface area contributed by atoms with Crippen LogP contribution in [0.4, 0.5) is 0 Å². The summed E-state index contributed by atoms with van der Waals surface area (Å²) in [5.74, 6) is 0. The normalized spacial score (nSPS) is 21.8. The van der Waals surface area contributed by atoms with Crippen molar-refractivity contribution in [1.82, 2.24) is 13.5 Å². The minimum Gasteiger partial charge on any atom is -0.395 e. The molecule has 1 unspecified atom stereocenters. The van der Waals surface area contributed by atoms with Crippen molar-refractivity contribution >= 4 is 10.2 Å². The average Bonchev–Trinajstić information content (AvgIpc) is 2.42. The molecule has 1 heterocycles. The van der Waals surface area contributed by atoms with Crippen LogP contribution in [-0.4, -0.2) is 80.0 Å². The molecule has 1 aliphatic heterocycles. The molecule has 1 atom stereocenters. The van der Waals surface area contributed by atoms with Gasteiger partial charge in [-0.2, -0.15) is 17.0 Å². The molecule has 0 aliphatic carbocycles. The summed E-state index contributed by atoms with van der Waals surface area (Å²) in [4.78, 5) is 1.98. The number of hydrogen-bond acceptors (Lipinski definition) is 4. The highest BCUT2D eigenvalue weighted by atomic mass is 32.2. The fourth-order valence-electron chi connectivity index (χ4n) is 2.51. The first kappa shape index (κ1) is 17.8. The Kier molecular flexibility index (Phi) is 7.39. The molecular weight excluding hydrogens is 278 g/mol. The van der Waals surface area contributed by atoms with Gasteiger partial charge in [0.2, 0.25) is 0 Å². The third kappa shape index (κ3) is 4.66. The molecule has 1 saturated heterocycles. The van der Waals surface area contributed by atoms with Gasteiger partial charge in [-0.1, -0.05) is 13.3 Å². The summed E-state index contributed by atoms with van der Waals surface area (Å²) in [5, 5.41) is 9.42. The van der Waals surface area contributed by atoms with Crippen molar-refractivity contribution in [2.45, 2.75) is 38.6 Å². The van der Waals surface area contributed by atoms with Crippen LogP contribution in [0.3, 0.4) is 0 Å². The molecule has 0 amide bonds. The van der Waals surface area contributed by atoms with Gasteiger partial charge in [-0.3, -0.25) is 0 Å². The lowest BCUT2D eigenvalue weighted by molar-refractivity contribution is 0.147. The predicted molar refractivity (Wildman–Crippen MR) is 80.8 cm³/mol. The molecule has 0 aromatic rings. The van der Waals surface area contributed by atoms with Gasteiger partial charge in [0.1, 0.15) is 0 Å². The molecule has 0 spiro atoms. The zero-order valence-electron chi connectivity index (χ0n) is 13.0. The quantitative estimate of drug-likeness (QED) is 0.703. The smallest absolute Gasteiger partial charge is 0.282 e. The van der Waals surface area contributed by atoms with Crippen molar-refractivity contribution in [3.8, 4) is 0 Å². The maximum absolute atomic E-state index is 12.8. The van der Waals surface area contributed by atoms with Gasteiger partial charge in [-0.05, 0) is 33.4 Å². The molecule has 0 bridgehead atoms. The Morgan fingerprint density at radius 1 is 1.20 bits per heavy atom. The standard InChI is InChI=1S/C13H29N3O3S/c1-4-8-15(11-10-14(2)3)20(18,19)16-9-6-5-7-13(16)12-17/h13,17H,4-12H2,1-3H3. The first-order chi connectivity index (χ1) is 9.43. The van der Waals surface area contributed by atoms with Crippen molar-refractivity contribution in [2.24, 2.45) is 0 Å². The number of hydrogen-bond donors (Lipinski definition) is 1. The molecule has 6 nitrogen and oxygen atoms in total. The molecule has 0 aromatic carbocycles. The minimum atomic E-state index is -3.46. The maximum atomic E-state index is 12.8. The lowest BCUT2D eigenvalue weighted by atomic mass is 10.1. The number of aliphatic hydroxyl groups excluding tert-OH is 1. The van der Waals surface area contributed by atoms with Crippen molar-refractivity contribution in [3.05, 3.63) is 0 Å². The van der Waals surface area contributed by atoms with Crippen molar-refractivity contribution < 1.29 is 13.5 Å². The van der Waals surface area contributed by atoms with Crippen LogP contribution in [0.5, 0.6) is 0 Å². The SMILES string of the molecule is CCCN(CCN(C)C)S(=O)(=O)N1CCCCC1CO. The van der Waals surface area contributed by atoms with Gasteiger partial charge in [-0.25, -0.2) is 0 Å². The van der Waals surface area contributed by atoms with Crippen LogP contribution in [0, 0.1) is 0 Å². The molecule has 1 fully saturated rings. The molecule has 120 valence electrons. The van der Waals surface area contributed by atoms with Crippen LogP contribution in [0.25, 0.3) is 0 Å². The van der Waals surface area contributed by atoms with Crippen LogP contribution in [0.2, 0.25) is 0 Å². The van der Waals surface area contributed by atoms with Crippen LogP contribution in [-0.2, 0) is 10.2 Å². The Labute approximate surface area is 123 Å². The average molecular weight is 307 g/mol. The van der Waals surface area contributed by atoms with Crippen LogP contribution in [0.1, 0.15) is 32.6 Å². The van der Waals surface area contributed by atoms with Gasteiger partial charge in [-0.15, -0.1) is 0 Å². The Morgan fingerprint density at radius 3 is 2.45 bits per heavy atom. The Hall–Kier alpha value is -0.210. The van der Waals surface area contributed by atoms with Crippen molar-refractivity contribution in [2.75, 3.05) is 46.9 Å². The number of piperidine rings is 1. The molecule has 0 aromatic heterocycles. The van der Waals surface area contributed by atoms with E-state index in [0.717, 1.165) is 25.7 Å². The van der Waals surface area contributed by atoms with Gasteiger partial charge in [0, 0.05) is 32.2 Å². The van der Waals surface area contributed by atoms with E-state index in [0.29, 0.717) is 26.2 Å². The second-order valence-corrected chi connectivity index (χ2v) is 7.53. The van der Waals surface area contributed by atoms with Gasteiger partial charge in [0.25, 0.3) is 10.2 Å². The fourth-order valence-corrected chi connectivity index (χ4v) is 4.44. The third-order valence-corrected chi connectivity index (χ3v) is 5.77. The summed E-state index contributed by atoms with van der Waals surface area (Å²) in [6.07, 6.45) is 3.42. The molecule has 1 aliphatic rings. The first-order valence-corrected chi connectivity index (χ1v) is 8.85. The summed E-state index contributed by atoms with van der Waals surface area (Å²) in [6.45, 7) is 4.15. The Bertz CT molecular complexity index is 373. The summed E-state index contributed by atoms with van der Waals surface area (Å²) in [7, 11) is 0.414. The zero-order valence-corrected chi connectivity index (χ0v) is 13.8. The van der Waals surface area contributed by atoms with Crippen molar-refractivity contribution in [1.29, 1.82) is 0 Å². The predicted octanol–water partition coefficient (Wildman–Crippen LogP) is 0.352. The molecule has 1 N–H and O–H groups in total. The second kappa shape index (κ2) is 8.29. The van der Waals surface area contributed by atoms with E-state index in [2.05, 4.69) is 0 Å². The summed E-state index contributed by atoms with van der Waals surface area (Å²) >= 11 is 0. The van der Waals surface area contributed by atoms with E-state index in [4.69, 9.17) is 0 Å². The number of rotatable bonds is 8. The molecule has 0 radical (unpaired) electrons. The first-order valence-electron chi connectivity index (χ1n) is 7.46. The number of aliphatic hydroxyl groups is 1. The van der Waals surface area contributed by atoms with E-state index in [1.807, 2.05) is 25.9 Å². The van der Waals surface area contributed by atoms with Crippen molar-refractivity contribution in [3.63, 3.8) is 0 Å². The topological polar surface area (TPSA) is 64.1 Å². The summed E-state index contributed by atoms with van der Waals surface area (Å²) in [6, 6.07) is -0.257. The highest BCUT2D eigenvalue weighted by Crippen LogP contribution is 2.22. The fraction of sp³-hybridized carbons (Fsp3) is 1.00. The molecule has 20 heavy (non-hydrogen) atoms. The van der Waals surface area contributed by atoms with E-state index in [9.17, 15) is 13.5 Å². The molecule has 1 rings (SSSR count). The third-order valence-electron chi connectivity index (χ3n) is 3.68. The second-order valence-electron chi connectivity index (χ2n) is 5.65. The molecule has 0 saturated carbocycles. The molecular formula is C13H29N3O3S. The van der Waals surface area contributed by atoms with Crippen LogP contribution >= 0.6 is 0 Å². The number of nitrogens with zero attached hydrogens (tertiary/aromatic N) is 3. The minimum absolute atomic E-state index is 0.0904. The lowest BCUT2D eigenvalue weighted by Gasteiger charge is -2.37. The summed E-state index contributed by atoms with van der Waals surface area (Å²) < 4.78 is 28.6. The van der Waals surface area contributed by atoms with Gasteiger partial charge < -0.3 is 10.0 Å². The van der Waals surface area contributed by atoms with Gasteiger partial charge in [0.15, 0.2) is 0 Å². The largest absolute Gasteiger partial charge is 0.395 e. The Balaban J connectivity index is 2.84. The maximum Gasteiger partial charge on any atom is 0.282 e. The highest BCUT2D eigenvalue weighted by molar-refractivity contribution is 7.86. The van der Waals surface area contributed by atoms with Gasteiger partial charge >= 0.3 is 0 Å².